The predicted molar refractivity (Wildman–Crippen MR) is 67.6 cm³/mol. The van der Waals surface area contributed by atoms with Crippen molar-refractivity contribution >= 4 is 47.3 Å². The first-order valence-electron chi connectivity index (χ1n) is 4.20. The number of hydrogen-bond donors (Lipinski definition) is 1. The second kappa shape index (κ2) is 4.56. The summed E-state index contributed by atoms with van der Waals surface area (Å²) < 4.78 is 22.7. The van der Waals surface area contributed by atoms with Gasteiger partial charge in [0.05, 0.1) is 5.02 Å². The molecule has 2 aromatic rings. The molecule has 1 aromatic carbocycles. The molecule has 90 valence electrons. The number of nitrogens with one attached hydrogen (secondary N) is 1. The molecule has 2 rings (SSSR count). The zero-order valence-electron chi connectivity index (χ0n) is 7.99. The molecule has 1 N–H and O–H groups in total. The van der Waals surface area contributed by atoms with E-state index in [9.17, 15) is 8.42 Å². The van der Waals surface area contributed by atoms with Crippen molar-refractivity contribution in [2.24, 2.45) is 0 Å². The first-order valence-corrected chi connectivity index (χ1v) is 7.68. The van der Waals surface area contributed by atoms with Crippen molar-refractivity contribution in [2.75, 3.05) is 0 Å². The Morgan fingerprint density at radius 3 is 2.59 bits per heavy atom. The zero-order chi connectivity index (χ0) is 12.6. The van der Waals surface area contributed by atoms with Crippen molar-refractivity contribution in [2.45, 2.75) is 5.16 Å². The number of nitrogens with zero attached hydrogens (tertiary/aromatic N) is 2. The third-order valence-electron chi connectivity index (χ3n) is 1.87. The molecule has 1 aromatic heterocycles. The minimum Gasteiger partial charge on any atom is -0.248 e. The first kappa shape index (κ1) is 12.8. The van der Waals surface area contributed by atoms with Crippen LogP contribution in [0.5, 0.6) is 0 Å². The summed E-state index contributed by atoms with van der Waals surface area (Å²) >= 11 is 9.14. The molecule has 0 saturated heterocycles. The van der Waals surface area contributed by atoms with Gasteiger partial charge in [0.25, 0.3) is 14.2 Å². The van der Waals surface area contributed by atoms with Crippen LogP contribution in [0.4, 0.5) is 0 Å². The molecule has 0 amide bonds. The van der Waals surface area contributed by atoms with Crippen LogP contribution >= 0.6 is 38.2 Å². The fourth-order valence-corrected chi connectivity index (χ4v) is 2.10. The highest BCUT2D eigenvalue weighted by Gasteiger charge is 2.17. The van der Waals surface area contributed by atoms with Gasteiger partial charge < -0.3 is 0 Å². The maximum absolute atomic E-state index is 11.0. The normalized spacial score (nSPS) is 11.7. The molecule has 0 saturated carbocycles. The Labute approximate surface area is 115 Å². The molecule has 1 heterocycles. The summed E-state index contributed by atoms with van der Waals surface area (Å²) in [5, 5.41) is 6.07. The fourth-order valence-electron chi connectivity index (χ4n) is 1.12. The molecule has 0 spiro atoms. The van der Waals surface area contributed by atoms with E-state index in [-0.39, 0.29) is 5.82 Å². The van der Waals surface area contributed by atoms with Crippen LogP contribution in [0.3, 0.4) is 0 Å². The van der Waals surface area contributed by atoms with E-state index < -0.39 is 14.2 Å². The van der Waals surface area contributed by atoms with Crippen molar-refractivity contribution in [1.82, 2.24) is 15.2 Å². The van der Waals surface area contributed by atoms with Gasteiger partial charge in [0.1, 0.15) is 0 Å². The summed E-state index contributed by atoms with van der Waals surface area (Å²) in [5.41, 5.74) is 0.584. The SMILES string of the molecule is O=S(=O)(Cl)c1nc(-c2ccc(Br)c(Cl)c2)n[nH]1. The monoisotopic (exact) mass is 355 g/mol. The fraction of sp³-hybridized carbons (Fsp3) is 0. The number of benzene rings is 1. The lowest BCUT2D eigenvalue weighted by atomic mass is 10.2. The van der Waals surface area contributed by atoms with Gasteiger partial charge in [-0.05, 0) is 34.1 Å². The van der Waals surface area contributed by atoms with Crippen LogP contribution in [0.15, 0.2) is 27.8 Å². The average molecular weight is 357 g/mol. The van der Waals surface area contributed by atoms with Crippen LogP contribution in [-0.2, 0) is 9.05 Å². The molecule has 0 atom stereocenters. The molecular weight excluding hydrogens is 353 g/mol. The molecule has 0 radical (unpaired) electrons. The average Bonchev–Trinajstić information content (AvgIpc) is 2.70. The van der Waals surface area contributed by atoms with Crippen LogP contribution in [0.25, 0.3) is 11.4 Å². The molecule has 9 heteroatoms. The Morgan fingerprint density at radius 2 is 2.06 bits per heavy atom. The van der Waals surface area contributed by atoms with Crippen LogP contribution in [-0.4, -0.2) is 23.6 Å². The minimum absolute atomic E-state index is 0.207. The van der Waals surface area contributed by atoms with Crippen LogP contribution in [0.2, 0.25) is 5.02 Å². The minimum atomic E-state index is -3.91. The molecule has 0 aliphatic carbocycles. The van der Waals surface area contributed by atoms with E-state index in [1.807, 2.05) is 0 Å². The second-order valence-electron chi connectivity index (χ2n) is 3.03. The van der Waals surface area contributed by atoms with E-state index in [2.05, 4.69) is 31.1 Å². The molecule has 0 unspecified atom stereocenters. The van der Waals surface area contributed by atoms with Gasteiger partial charge in [-0.15, -0.1) is 0 Å². The van der Waals surface area contributed by atoms with Gasteiger partial charge in [-0.2, -0.15) is 10.1 Å². The maximum atomic E-state index is 11.0. The number of aromatic nitrogens is 3. The summed E-state index contributed by atoms with van der Waals surface area (Å²) in [7, 11) is 1.21. The highest BCUT2D eigenvalue weighted by Crippen LogP contribution is 2.27. The van der Waals surface area contributed by atoms with Crippen molar-refractivity contribution in [1.29, 1.82) is 0 Å². The van der Waals surface area contributed by atoms with E-state index in [0.29, 0.717) is 10.6 Å². The summed E-state index contributed by atoms with van der Waals surface area (Å²) in [5.74, 6) is 0.207. The number of hydrogen-bond acceptors (Lipinski definition) is 4. The van der Waals surface area contributed by atoms with Gasteiger partial charge in [-0.25, -0.2) is 13.5 Å². The summed E-state index contributed by atoms with van der Waals surface area (Å²) in [6.07, 6.45) is 0. The maximum Gasteiger partial charge on any atom is 0.296 e. The van der Waals surface area contributed by atoms with Crippen molar-refractivity contribution in [3.8, 4) is 11.4 Å². The van der Waals surface area contributed by atoms with Crippen LogP contribution in [0, 0.1) is 0 Å². The zero-order valence-corrected chi connectivity index (χ0v) is 11.9. The van der Waals surface area contributed by atoms with Gasteiger partial charge >= 0.3 is 0 Å². The van der Waals surface area contributed by atoms with E-state index in [0.717, 1.165) is 4.47 Å². The third-order valence-corrected chi connectivity index (χ3v) is 4.19. The predicted octanol–water partition coefficient (Wildman–Crippen LogP) is 2.82. The number of H-pyrrole nitrogens is 1. The second-order valence-corrected chi connectivity index (χ2v) is 6.77. The molecular formula is C8H4BrCl2N3O2S. The highest BCUT2D eigenvalue weighted by atomic mass is 79.9. The number of halogens is 3. The lowest BCUT2D eigenvalue weighted by Gasteiger charge is -1.98. The van der Waals surface area contributed by atoms with Crippen molar-refractivity contribution in [3.05, 3.63) is 27.7 Å². The smallest absolute Gasteiger partial charge is 0.248 e. The molecule has 17 heavy (non-hydrogen) atoms. The van der Waals surface area contributed by atoms with Gasteiger partial charge in [-0.1, -0.05) is 11.6 Å². The van der Waals surface area contributed by atoms with Gasteiger partial charge in [0, 0.05) is 20.7 Å². The Morgan fingerprint density at radius 1 is 1.35 bits per heavy atom. The summed E-state index contributed by atoms with van der Waals surface area (Å²) in [6.45, 7) is 0. The van der Waals surface area contributed by atoms with Gasteiger partial charge in [0.15, 0.2) is 5.82 Å². The van der Waals surface area contributed by atoms with Gasteiger partial charge in [-0.3, -0.25) is 0 Å². The number of rotatable bonds is 2. The Balaban J connectivity index is 2.47. The lowest BCUT2D eigenvalue weighted by Crippen LogP contribution is -1.92. The van der Waals surface area contributed by atoms with Crippen LogP contribution < -0.4 is 0 Å². The van der Waals surface area contributed by atoms with E-state index in [1.165, 1.54) is 0 Å². The van der Waals surface area contributed by atoms with E-state index >= 15 is 0 Å². The Kier molecular flexibility index (Phi) is 3.44. The standard InChI is InChI=1S/C8H4BrCl2N3O2S/c9-5-2-1-4(3-6(5)10)7-12-8(14-13-7)17(11,15)16/h1-3H,(H,12,13,14). The largest absolute Gasteiger partial charge is 0.296 e. The third kappa shape index (κ3) is 2.79. The van der Waals surface area contributed by atoms with Crippen molar-refractivity contribution in [3.63, 3.8) is 0 Å². The summed E-state index contributed by atoms with van der Waals surface area (Å²) in [4.78, 5) is 3.76. The molecule has 0 fully saturated rings. The van der Waals surface area contributed by atoms with Gasteiger partial charge in [0.2, 0.25) is 0 Å². The lowest BCUT2D eigenvalue weighted by molar-refractivity contribution is 0.602. The Hall–Kier alpha value is -0.630. The summed E-state index contributed by atoms with van der Waals surface area (Å²) in [6, 6.07) is 5.02. The van der Waals surface area contributed by atoms with E-state index in [1.54, 1.807) is 18.2 Å². The first-order chi connectivity index (χ1) is 7.88. The Bertz CT molecular complexity index is 671. The van der Waals surface area contributed by atoms with Crippen molar-refractivity contribution < 1.29 is 8.42 Å². The molecule has 0 aliphatic rings. The van der Waals surface area contributed by atoms with E-state index in [4.69, 9.17) is 22.3 Å². The molecule has 0 aliphatic heterocycles. The quantitative estimate of drug-likeness (QED) is 0.839. The highest BCUT2D eigenvalue weighted by molar-refractivity contribution is 9.10. The number of aromatic amines is 1. The topological polar surface area (TPSA) is 75.7 Å². The molecule has 0 bridgehead atoms. The van der Waals surface area contributed by atoms with Crippen LogP contribution in [0.1, 0.15) is 0 Å². The molecule has 5 nitrogen and oxygen atoms in total.